The second-order valence-electron chi connectivity index (χ2n) is 5.08. The Morgan fingerprint density at radius 3 is 2.62 bits per heavy atom. The number of thioether (sulfide) groups is 1. The molecule has 0 aliphatic heterocycles. The van der Waals surface area contributed by atoms with Crippen LogP contribution in [0.5, 0.6) is 0 Å². The Labute approximate surface area is 136 Å². The van der Waals surface area contributed by atoms with Gasteiger partial charge in [0.15, 0.2) is 0 Å². The molecule has 2 rings (SSSR count). The molecule has 0 aromatic carbocycles. The van der Waals surface area contributed by atoms with Crippen LogP contribution >= 0.6 is 23.4 Å². The van der Waals surface area contributed by atoms with Gasteiger partial charge in [-0.25, -0.2) is 0 Å². The van der Waals surface area contributed by atoms with Crippen LogP contribution in [0.15, 0.2) is 0 Å². The van der Waals surface area contributed by atoms with E-state index in [9.17, 15) is 0 Å². The number of anilines is 2. The van der Waals surface area contributed by atoms with Crippen LogP contribution in [0, 0.1) is 0 Å². The predicted octanol–water partition coefficient (Wildman–Crippen LogP) is 3.46. The average molecular weight is 330 g/mol. The molecule has 1 aliphatic rings. The summed E-state index contributed by atoms with van der Waals surface area (Å²) in [6.45, 7) is 8.08. The molecule has 0 saturated heterocycles. The van der Waals surface area contributed by atoms with Gasteiger partial charge in [0.05, 0.1) is 0 Å². The third-order valence-corrected chi connectivity index (χ3v) is 5.29. The zero-order valence-corrected chi connectivity index (χ0v) is 14.5. The second kappa shape index (κ2) is 8.03. The van der Waals surface area contributed by atoms with Crippen molar-refractivity contribution < 1.29 is 0 Å². The first-order valence-electron chi connectivity index (χ1n) is 7.72. The maximum Gasteiger partial charge on any atom is 0.231 e. The molecule has 0 spiro atoms. The van der Waals surface area contributed by atoms with Gasteiger partial charge >= 0.3 is 0 Å². The normalized spacial score (nSPS) is 21.5. The minimum absolute atomic E-state index is 0.257. The quantitative estimate of drug-likeness (QED) is 0.826. The van der Waals surface area contributed by atoms with Crippen molar-refractivity contribution in [2.45, 2.75) is 51.3 Å². The number of halogens is 1. The van der Waals surface area contributed by atoms with Gasteiger partial charge in [-0.3, -0.25) is 0 Å². The first-order valence-corrected chi connectivity index (χ1v) is 9.15. The van der Waals surface area contributed by atoms with E-state index in [0.717, 1.165) is 18.8 Å². The van der Waals surface area contributed by atoms with Crippen molar-refractivity contribution in [3.05, 3.63) is 5.28 Å². The van der Waals surface area contributed by atoms with Gasteiger partial charge in [0, 0.05) is 24.4 Å². The summed E-state index contributed by atoms with van der Waals surface area (Å²) in [6.07, 6.45) is 3.69. The number of nitrogens with one attached hydrogen (secondary N) is 1. The summed E-state index contributed by atoms with van der Waals surface area (Å²) < 4.78 is 0. The molecule has 1 saturated carbocycles. The van der Waals surface area contributed by atoms with Crippen LogP contribution in [0.1, 0.15) is 40.0 Å². The number of nitrogens with zero attached hydrogens (tertiary/aromatic N) is 4. The topological polar surface area (TPSA) is 53.9 Å². The van der Waals surface area contributed by atoms with Crippen LogP contribution in [0.3, 0.4) is 0 Å². The molecule has 1 heterocycles. The molecule has 5 nitrogen and oxygen atoms in total. The van der Waals surface area contributed by atoms with Crippen molar-refractivity contribution in [2.75, 3.05) is 29.1 Å². The van der Waals surface area contributed by atoms with E-state index in [1.165, 1.54) is 19.3 Å². The van der Waals surface area contributed by atoms with Gasteiger partial charge in [0.25, 0.3) is 0 Å². The molecule has 1 aromatic rings. The summed E-state index contributed by atoms with van der Waals surface area (Å²) in [5.41, 5.74) is 0. The van der Waals surface area contributed by atoms with Crippen LogP contribution in [0.2, 0.25) is 5.28 Å². The zero-order chi connectivity index (χ0) is 15.2. The SMILES string of the molecule is CCSC1CCCC1Nc1nc(Cl)nc(N(CC)CC)n1. The summed E-state index contributed by atoms with van der Waals surface area (Å²) in [5.74, 6) is 2.40. The molecule has 1 aromatic heterocycles. The highest BCUT2D eigenvalue weighted by Crippen LogP contribution is 2.31. The highest BCUT2D eigenvalue weighted by Gasteiger charge is 2.28. The third-order valence-electron chi connectivity index (χ3n) is 3.79. The molecule has 0 amide bonds. The highest BCUT2D eigenvalue weighted by molar-refractivity contribution is 7.99. The standard InChI is InChI=1S/C14H24ClN5S/c1-4-20(5-2)14-18-12(15)17-13(19-14)16-10-8-7-9-11(10)21-6-3/h10-11H,4-9H2,1-3H3,(H,16,17,18,19). The van der Waals surface area contributed by atoms with Crippen molar-refractivity contribution in [1.29, 1.82) is 0 Å². The van der Waals surface area contributed by atoms with Crippen molar-refractivity contribution in [3.8, 4) is 0 Å². The Bertz CT molecular complexity index is 455. The van der Waals surface area contributed by atoms with Crippen molar-refractivity contribution in [3.63, 3.8) is 0 Å². The van der Waals surface area contributed by atoms with Crippen LogP contribution in [-0.2, 0) is 0 Å². The van der Waals surface area contributed by atoms with Gasteiger partial charge in [-0.05, 0) is 44.0 Å². The minimum Gasteiger partial charge on any atom is -0.350 e. The van der Waals surface area contributed by atoms with Crippen LogP contribution in [-0.4, -0.2) is 45.1 Å². The fourth-order valence-corrected chi connectivity index (χ4v) is 4.08. The Morgan fingerprint density at radius 2 is 1.95 bits per heavy atom. The molecule has 21 heavy (non-hydrogen) atoms. The van der Waals surface area contributed by atoms with Gasteiger partial charge in [-0.2, -0.15) is 26.7 Å². The lowest BCUT2D eigenvalue weighted by Gasteiger charge is -2.22. The molecular formula is C14H24ClN5S. The van der Waals surface area contributed by atoms with Crippen molar-refractivity contribution in [1.82, 2.24) is 15.0 Å². The maximum absolute atomic E-state index is 6.06. The van der Waals surface area contributed by atoms with Crippen LogP contribution in [0.25, 0.3) is 0 Å². The van der Waals surface area contributed by atoms with E-state index in [1.54, 1.807) is 0 Å². The molecule has 1 fully saturated rings. The van der Waals surface area contributed by atoms with Gasteiger partial charge in [0.2, 0.25) is 17.2 Å². The van der Waals surface area contributed by atoms with E-state index in [0.29, 0.717) is 23.2 Å². The molecule has 1 aliphatic carbocycles. The first-order chi connectivity index (χ1) is 10.2. The molecule has 118 valence electrons. The van der Waals surface area contributed by atoms with Gasteiger partial charge in [-0.15, -0.1) is 0 Å². The Balaban J connectivity index is 2.12. The monoisotopic (exact) mass is 329 g/mol. The Kier molecular flexibility index (Phi) is 6.36. The van der Waals surface area contributed by atoms with Crippen molar-refractivity contribution in [2.24, 2.45) is 0 Å². The number of hydrogen-bond donors (Lipinski definition) is 1. The first kappa shape index (κ1) is 16.6. The summed E-state index contributed by atoms with van der Waals surface area (Å²) in [4.78, 5) is 15.1. The second-order valence-corrected chi connectivity index (χ2v) is 6.93. The minimum atomic E-state index is 0.257. The van der Waals surface area contributed by atoms with E-state index in [1.807, 2.05) is 11.8 Å². The number of hydrogen-bond acceptors (Lipinski definition) is 6. The van der Waals surface area contributed by atoms with Crippen molar-refractivity contribution >= 4 is 35.3 Å². The molecule has 2 atom stereocenters. The summed E-state index contributed by atoms with van der Waals surface area (Å²) in [7, 11) is 0. The molecule has 0 radical (unpaired) electrons. The molecule has 1 N–H and O–H groups in total. The van der Waals surface area contributed by atoms with E-state index in [4.69, 9.17) is 11.6 Å². The fourth-order valence-electron chi connectivity index (χ4n) is 2.72. The van der Waals surface area contributed by atoms with Crippen LogP contribution < -0.4 is 10.2 Å². The Morgan fingerprint density at radius 1 is 1.19 bits per heavy atom. The lowest BCUT2D eigenvalue weighted by molar-refractivity contribution is 0.747. The molecule has 2 unspecified atom stereocenters. The van der Waals surface area contributed by atoms with Gasteiger partial charge < -0.3 is 10.2 Å². The summed E-state index contributed by atoms with van der Waals surface area (Å²) >= 11 is 8.07. The molecule has 0 bridgehead atoms. The maximum atomic E-state index is 6.06. The van der Waals surface area contributed by atoms with E-state index in [-0.39, 0.29) is 5.28 Å². The third kappa shape index (κ3) is 4.36. The number of aromatic nitrogens is 3. The smallest absolute Gasteiger partial charge is 0.231 e. The fraction of sp³-hybridized carbons (Fsp3) is 0.786. The largest absolute Gasteiger partial charge is 0.350 e. The predicted molar refractivity (Wildman–Crippen MR) is 91.6 cm³/mol. The van der Waals surface area contributed by atoms with Gasteiger partial charge in [-0.1, -0.05) is 13.3 Å². The lowest BCUT2D eigenvalue weighted by Crippen LogP contribution is -2.29. The van der Waals surface area contributed by atoms with E-state index < -0.39 is 0 Å². The average Bonchev–Trinajstić information content (AvgIpc) is 2.87. The van der Waals surface area contributed by atoms with E-state index >= 15 is 0 Å². The van der Waals surface area contributed by atoms with Crippen LogP contribution in [0.4, 0.5) is 11.9 Å². The van der Waals surface area contributed by atoms with Gasteiger partial charge in [0.1, 0.15) is 0 Å². The Hall–Kier alpha value is -0.750. The molecule has 7 heteroatoms. The summed E-state index contributed by atoms with van der Waals surface area (Å²) in [5, 5.41) is 4.36. The number of rotatable bonds is 7. The summed E-state index contributed by atoms with van der Waals surface area (Å²) in [6, 6.07) is 0.429. The lowest BCUT2D eigenvalue weighted by atomic mass is 10.2. The van der Waals surface area contributed by atoms with E-state index in [2.05, 4.69) is 45.9 Å². The zero-order valence-electron chi connectivity index (χ0n) is 13.0. The highest BCUT2D eigenvalue weighted by atomic mass is 35.5. The molecular weight excluding hydrogens is 306 g/mol.